The Hall–Kier alpha value is -1.52. The van der Waals surface area contributed by atoms with Crippen molar-refractivity contribution in [3.8, 4) is 11.5 Å². The number of hydrogen-bond acceptors (Lipinski definition) is 4. The Bertz CT molecular complexity index is 537. The molecule has 1 aromatic heterocycles. The van der Waals surface area contributed by atoms with Crippen LogP contribution in [0.5, 0.6) is 11.5 Å². The maximum Gasteiger partial charge on any atom is 0.165 e. The van der Waals surface area contributed by atoms with Gasteiger partial charge in [-0.15, -0.1) is 11.3 Å². The first-order chi connectivity index (χ1) is 9.24. The highest BCUT2D eigenvalue weighted by atomic mass is 32.1. The second kappa shape index (κ2) is 6.59. The number of para-hydroxylation sites is 1. The molecule has 0 saturated carbocycles. The SMILES string of the molecule is COc1cccc(CNCc2ccc(C)s2)c1OC. The van der Waals surface area contributed by atoms with Crippen LogP contribution in [0.2, 0.25) is 0 Å². The minimum atomic E-state index is 0.761. The first kappa shape index (κ1) is 13.9. The molecule has 1 aromatic carbocycles. The van der Waals surface area contributed by atoms with E-state index in [0.29, 0.717) is 0 Å². The van der Waals surface area contributed by atoms with Crippen LogP contribution in [0.25, 0.3) is 0 Å². The molecule has 4 heteroatoms. The highest BCUT2D eigenvalue weighted by Crippen LogP contribution is 2.30. The van der Waals surface area contributed by atoms with E-state index in [0.717, 1.165) is 30.2 Å². The lowest BCUT2D eigenvalue weighted by Gasteiger charge is -2.12. The Morgan fingerprint density at radius 3 is 2.53 bits per heavy atom. The van der Waals surface area contributed by atoms with Gasteiger partial charge in [-0.05, 0) is 25.1 Å². The van der Waals surface area contributed by atoms with E-state index in [9.17, 15) is 0 Å². The van der Waals surface area contributed by atoms with Gasteiger partial charge in [-0.2, -0.15) is 0 Å². The molecule has 0 aliphatic carbocycles. The fourth-order valence-corrected chi connectivity index (χ4v) is 2.85. The van der Waals surface area contributed by atoms with Gasteiger partial charge in [-0.1, -0.05) is 12.1 Å². The Morgan fingerprint density at radius 1 is 1.05 bits per heavy atom. The lowest BCUT2D eigenvalue weighted by atomic mass is 10.2. The van der Waals surface area contributed by atoms with Crippen molar-refractivity contribution in [3.05, 3.63) is 45.6 Å². The fourth-order valence-electron chi connectivity index (χ4n) is 1.99. The maximum absolute atomic E-state index is 5.41. The molecule has 0 spiro atoms. The van der Waals surface area contributed by atoms with Gasteiger partial charge >= 0.3 is 0 Å². The number of nitrogens with one attached hydrogen (secondary N) is 1. The minimum Gasteiger partial charge on any atom is -0.493 e. The number of ether oxygens (including phenoxy) is 2. The zero-order chi connectivity index (χ0) is 13.7. The van der Waals surface area contributed by atoms with Crippen molar-refractivity contribution in [2.24, 2.45) is 0 Å². The average molecular weight is 277 g/mol. The highest BCUT2D eigenvalue weighted by Gasteiger charge is 2.08. The predicted molar refractivity (Wildman–Crippen MR) is 79.1 cm³/mol. The first-order valence-corrected chi connectivity index (χ1v) is 7.02. The molecule has 0 saturated heterocycles. The van der Waals surface area contributed by atoms with Crippen LogP contribution in [0, 0.1) is 6.92 Å². The molecule has 19 heavy (non-hydrogen) atoms. The Labute approximate surface area is 118 Å². The third kappa shape index (κ3) is 3.49. The predicted octanol–water partition coefficient (Wildman–Crippen LogP) is 3.36. The van der Waals surface area contributed by atoms with E-state index < -0.39 is 0 Å². The van der Waals surface area contributed by atoms with E-state index in [1.165, 1.54) is 9.75 Å². The third-order valence-electron chi connectivity index (χ3n) is 2.90. The zero-order valence-electron chi connectivity index (χ0n) is 11.5. The lowest BCUT2D eigenvalue weighted by Crippen LogP contribution is -2.12. The standard InChI is InChI=1S/C15H19NO2S/c1-11-7-8-13(19-11)10-16-9-12-5-4-6-14(17-2)15(12)18-3/h4-8,16H,9-10H2,1-3H3. The van der Waals surface area contributed by atoms with Crippen LogP contribution in [0.15, 0.2) is 30.3 Å². The normalized spacial score (nSPS) is 10.5. The molecule has 102 valence electrons. The average Bonchev–Trinajstić information content (AvgIpc) is 2.84. The highest BCUT2D eigenvalue weighted by molar-refractivity contribution is 7.11. The molecule has 1 N–H and O–H groups in total. The molecule has 0 aliphatic heterocycles. The maximum atomic E-state index is 5.41. The van der Waals surface area contributed by atoms with Gasteiger partial charge in [0, 0.05) is 28.4 Å². The summed E-state index contributed by atoms with van der Waals surface area (Å²) in [6.07, 6.45) is 0. The van der Waals surface area contributed by atoms with Gasteiger partial charge in [0.15, 0.2) is 11.5 Å². The molecule has 0 atom stereocenters. The summed E-state index contributed by atoms with van der Waals surface area (Å²) in [5.74, 6) is 1.58. The topological polar surface area (TPSA) is 30.5 Å². The van der Waals surface area contributed by atoms with Gasteiger partial charge in [0.25, 0.3) is 0 Å². The molecule has 0 fully saturated rings. The van der Waals surface area contributed by atoms with Gasteiger partial charge in [0.1, 0.15) is 0 Å². The van der Waals surface area contributed by atoms with E-state index in [2.05, 4.69) is 24.4 Å². The summed E-state index contributed by atoms with van der Waals surface area (Å²) < 4.78 is 10.7. The third-order valence-corrected chi connectivity index (χ3v) is 3.90. The van der Waals surface area contributed by atoms with Crippen LogP contribution in [-0.2, 0) is 13.1 Å². The molecular weight excluding hydrogens is 258 g/mol. The fraction of sp³-hybridized carbons (Fsp3) is 0.333. The summed E-state index contributed by atoms with van der Waals surface area (Å²) in [7, 11) is 3.33. The lowest BCUT2D eigenvalue weighted by molar-refractivity contribution is 0.350. The van der Waals surface area contributed by atoms with Crippen LogP contribution in [0.4, 0.5) is 0 Å². The van der Waals surface area contributed by atoms with E-state index in [4.69, 9.17) is 9.47 Å². The Morgan fingerprint density at radius 2 is 1.89 bits per heavy atom. The van der Waals surface area contributed by atoms with Crippen molar-refractivity contribution in [1.82, 2.24) is 5.32 Å². The van der Waals surface area contributed by atoms with Crippen LogP contribution in [0.1, 0.15) is 15.3 Å². The van der Waals surface area contributed by atoms with E-state index in [1.54, 1.807) is 14.2 Å². The molecular formula is C15H19NO2S. The number of methoxy groups -OCH3 is 2. The van der Waals surface area contributed by atoms with Crippen LogP contribution in [-0.4, -0.2) is 14.2 Å². The number of benzene rings is 1. The molecule has 0 aliphatic rings. The molecule has 2 rings (SSSR count). The van der Waals surface area contributed by atoms with E-state index in [-0.39, 0.29) is 0 Å². The van der Waals surface area contributed by atoms with Crippen LogP contribution in [0.3, 0.4) is 0 Å². The number of aryl methyl sites for hydroxylation is 1. The van der Waals surface area contributed by atoms with Crippen molar-refractivity contribution in [2.45, 2.75) is 20.0 Å². The second-order valence-electron chi connectivity index (χ2n) is 4.27. The summed E-state index contributed by atoms with van der Waals surface area (Å²) >= 11 is 1.82. The van der Waals surface area contributed by atoms with Crippen molar-refractivity contribution < 1.29 is 9.47 Å². The summed E-state index contributed by atoms with van der Waals surface area (Å²) in [6, 6.07) is 10.2. The van der Waals surface area contributed by atoms with E-state index >= 15 is 0 Å². The number of thiophene rings is 1. The molecule has 2 aromatic rings. The quantitative estimate of drug-likeness (QED) is 0.878. The molecule has 0 radical (unpaired) electrons. The van der Waals surface area contributed by atoms with Crippen LogP contribution >= 0.6 is 11.3 Å². The zero-order valence-corrected chi connectivity index (χ0v) is 12.3. The summed E-state index contributed by atoms with van der Waals surface area (Å²) in [6.45, 7) is 3.76. The number of rotatable bonds is 6. The smallest absolute Gasteiger partial charge is 0.165 e. The molecule has 1 heterocycles. The second-order valence-corrected chi connectivity index (χ2v) is 5.64. The summed E-state index contributed by atoms with van der Waals surface area (Å²) in [4.78, 5) is 2.69. The monoisotopic (exact) mass is 277 g/mol. The van der Waals surface area contributed by atoms with E-state index in [1.807, 2.05) is 29.5 Å². The Balaban J connectivity index is 1.99. The minimum absolute atomic E-state index is 0.761. The summed E-state index contributed by atoms with van der Waals surface area (Å²) in [5, 5.41) is 3.43. The van der Waals surface area contributed by atoms with Crippen molar-refractivity contribution in [2.75, 3.05) is 14.2 Å². The van der Waals surface area contributed by atoms with Gasteiger partial charge in [0.2, 0.25) is 0 Å². The van der Waals surface area contributed by atoms with Gasteiger partial charge in [0.05, 0.1) is 14.2 Å². The van der Waals surface area contributed by atoms with Crippen molar-refractivity contribution >= 4 is 11.3 Å². The van der Waals surface area contributed by atoms with Gasteiger partial charge in [-0.3, -0.25) is 0 Å². The van der Waals surface area contributed by atoms with Crippen LogP contribution < -0.4 is 14.8 Å². The van der Waals surface area contributed by atoms with Gasteiger partial charge in [-0.25, -0.2) is 0 Å². The molecule has 0 unspecified atom stereocenters. The Kier molecular flexibility index (Phi) is 4.82. The first-order valence-electron chi connectivity index (χ1n) is 6.20. The van der Waals surface area contributed by atoms with Gasteiger partial charge < -0.3 is 14.8 Å². The molecule has 3 nitrogen and oxygen atoms in total. The molecule has 0 bridgehead atoms. The number of hydrogen-bond donors (Lipinski definition) is 1. The van der Waals surface area contributed by atoms with Crippen molar-refractivity contribution in [1.29, 1.82) is 0 Å². The van der Waals surface area contributed by atoms with Crippen molar-refractivity contribution in [3.63, 3.8) is 0 Å². The molecule has 0 amide bonds. The summed E-state index contributed by atoms with van der Waals surface area (Å²) in [5.41, 5.74) is 1.11. The largest absolute Gasteiger partial charge is 0.493 e.